The molecule has 20 heavy (non-hydrogen) atoms. The Morgan fingerprint density at radius 3 is 2.85 bits per heavy atom. The van der Waals surface area contributed by atoms with Gasteiger partial charge in [0.2, 0.25) is 0 Å². The van der Waals surface area contributed by atoms with Gasteiger partial charge in [-0.25, -0.2) is 0 Å². The van der Waals surface area contributed by atoms with E-state index in [0.29, 0.717) is 25.4 Å². The van der Waals surface area contributed by atoms with Gasteiger partial charge < -0.3 is 9.84 Å². The van der Waals surface area contributed by atoms with Gasteiger partial charge in [0.25, 0.3) is 0 Å². The Hall–Kier alpha value is -1.53. The van der Waals surface area contributed by atoms with E-state index < -0.39 is 11.0 Å². The van der Waals surface area contributed by atoms with E-state index in [9.17, 15) is 10.4 Å². The van der Waals surface area contributed by atoms with E-state index in [1.807, 2.05) is 31.2 Å². The summed E-state index contributed by atoms with van der Waals surface area (Å²) in [5.41, 5.74) is -1.01. The zero-order valence-corrected chi connectivity index (χ0v) is 11.9. The van der Waals surface area contributed by atoms with Crippen molar-refractivity contribution in [1.82, 2.24) is 0 Å². The molecule has 1 aliphatic heterocycles. The maximum Gasteiger partial charge on any atom is 0.124 e. The number of benzene rings is 1. The zero-order chi connectivity index (χ0) is 14.2. The van der Waals surface area contributed by atoms with E-state index in [1.54, 1.807) is 0 Å². The number of nitrogens with zero attached hydrogens (tertiary/aromatic N) is 1. The topological polar surface area (TPSA) is 53.2 Å². The van der Waals surface area contributed by atoms with Gasteiger partial charge in [-0.3, -0.25) is 0 Å². The fourth-order valence-electron chi connectivity index (χ4n) is 3.62. The number of hydrogen-bond donors (Lipinski definition) is 1. The van der Waals surface area contributed by atoms with Gasteiger partial charge in [-0.1, -0.05) is 37.5 Å². The minimum atomic E-state index is -1.01. The first-order valence-electron chi connectivity index (χ1n) is 7.45. The van der Waals surface area contributed by atoms with Gasteiger partial charge in [0.15, 0.2) is 0 Å². The lowest BCUT2D eigenvalue weighted by molar-refractivity contribution is -0.0434. The number of ether oxygens (including phenoxy) is 1. The van der Waals surface area contributed by atoms with Crippen LogP contribution in [0, 0.1) is 17.2 Å². The Labute approximate surface area is 120 Å². The van der Waals surface area contributed by atoms with Crippen molar-refractivity contribution in [3.63, 3.8) is 0 Å². The summed E-state index contributed by atoms with van der Waals surface area (Å²) in [6.45, 7) is 2.32. The molecular weight excluding hydrogens is 250 g/mol. The molecule has 3 heteroatoms. The molecule has 2 atom stereocenters. The van der Waals surface area contributed by atoms with Crippen molar-refractivity contribution >= 4 is 0 Å². The summed E-state index contributed by atoms with van der Waals surface area (Å²) in [4.78, 5) is 0. The van der Waals surface area contributed by atoms with Crippen LogP contribution in [0.5, 0.6) is 5.75 Å². The van der Waals surface area contributed by atoms with Crippen LogP contribution >= 0.6 is 0 Å². The van der Waals surface area contributed by atoms with Crippen LogP contribution in [0.1, 0.15) is 44.6 Å². The third kappa shape index (κ3) is 1.91. The third-order valence-corrected chi connectivity index (χ3v) is 5.10. The van der Waals surface area contributed by atoms with Gasteiger partial charge in [-0.15, -0.1) is 0 Å². The Morgan fingerprint density at radius 2 is 2.20 bits per heavy atom. The molecule has 0 bridgehead atoms. The van der Waals surface area contributed by atoms with Crippen molar-refractivity contribution in [3.05, 3.63) is 29.8 Å². The predicted molar refractivity (Wildman–Crippen MR) is 76.4 cm³/mol. The van der Waals surface area contributed by atoms with Gasteiger partial charge >= 0.3 is 0 Å². The molecule has 2 aliphatic rings. The second-order valence-electron chi connectivity index (χ2n) is 6.39. The molecule has 1 saturated carbocycles. The molecule has 3 nitrogen and oxygen atoms in total. The third-order valence-electron chi connectivity index (χ3n) is 5.10. The van der Waals surface area contributed by atoms with Gasteiger partial charge in [-0.2, -0.15) is 5.26 Å². The van der Waals surface area contributed by atoms with E-state index in [1.165, 1.54) is 19.3 Å². The fraction of sp³-hybridized carbons (Fsp3) is 0.588. The van der Waals surface area contributed by atoms with Crippen LogP contribution in [0.2, 0.25) is 0 Å². The lowest BCUT2D eigenvalue weighted by atomic mass is 9.61. The molecule has 1 aliphatic carbocycles. The normalized spacial score (nSPS) is 28.4. The Kier molecular flexibility index (Phi) is 3.22. The first-order valence-corrected chi connectivity index (χ1v) is 7.45. The highest BCUT2D eigenvalue weighted by atomic mass is 16.5. The Morgan fingerprint density at radius 1 is 1.45 bits per heavy atom. The molecule has 1 N–H and O–H groups in total. The van der Waals surface area contributed by atoms with E-state index in [4.69, 9.17) is 4.74 Å². The highest BCUT2D eigenvalue weighted by Crippen LogP contribution is 2.49. The van der Waals surface area contributed by atoms with E-state index in [0.717, 1.165) is 11.3 Å². The monoisotopic (exact) mass is 271 g/mol. The second kappa shape index (κ2) is 4.79. The van der Waals surface area contributed by atoms with Crippen LogP contribution in [0.15, 0.2) is 24.3 Å². The van der Waals surface area contributed by atoms with Crippen molar-refractivity contribution in [2.75, 3.05) is 6.61 Å². The molecule has 0 spiro atoms. The maximum absolute atomic E-state index is 11.1. The van der Waals surface area contributed by atoms with Gasteiger partial charge in [0.05, 0.1) is 18.3 Å². The van der Waals surface area contributed by atoms with Crippen LogP contribution < -0.4 is 4.74 Å². The van der Waals surface area contributed by atoms with Gasteiger partial charge in [0.1, 0.15) is 11.2 Å². The molecule has 1 aromatic rings. The quantitative estimate of drug-likeness (QED) is 0.918. The summed E-state index contributed by atoms with van der Waals surface area (Å²) in [7, 11) is 0. The van der Waals surface area contributed by atoms with Gasteiger partial charge in [0, 0.05) is 12.0 Å². The number of nitriles is 1. The minimum Gasteiger partial charge on any atom is -0.493 e. The summed E-state index contributed by atoms with van der Waals surface area (Å²) < 4.78 is 5.66. The van der Waals surface area contributed by atoms with E-state index in [2.05, 4.69) is 6.07 Å². The first kappa shape index (κ1) is 13.5. The molecule has 0 amide bonds. The van der Waals surface area contributed by atoms with Crippen molar-refractivity contribution in [1.29, 1.82) is 5.26 Å². The summed E-state index contributed by atoms with van der Waals surface area (Å²) in [5.74, 6) is 1.31. The van der Waals surface area contributed by atoms with E-state index in [-0.39, 0.29) is 0 Å². The highest BCUT2D eigenvalue weighted by Gasteiger charge is 2.52. The average molecular weight is 271 g/mol. The average Bonchev–Trinajstić information content (AvgIpc) is 2.42. The summed E-state index contributed by atoms with van der Waals surface area (Å²) >= 11 is 0. The number of aliphatic hydroxyl groups is 1. The predicted octanol–water partition coefficient (Wildman–Crippen LogP) is 3.17. The molecule has 1 heterocycles. The van der Waals surface area contributed by atoms with Crippen molar-refractivity contribution in [3.8, 4) is 11.8 Å². The van der Waals surface area contributed by atoms with Crippen LogP contribution in [0.3, 0.4) is 0 Å². The Balaban J connectivity index is 2.01. The number of para-hydroxylation sites is 1. The lowest BCUT2D eigenvalue weighted by Crippen LogP contribution is -2.52. The molecule has 106 valence electrons. The molecule has 3 rings (SSSR count). The molecule has 0 saturated heterocycles. The maximum atomic E-state index is 11.1. The summed E-state index contributed by atoms with van der Waals surface area (Å²) in [5, 5.41) is 21.0. The Bertz CT molecular complexity index is 542. The fourth-order valence-corrected chi connectivity index (χ4v) is 3.62. The smallest absolute Gasteiger partial charge is 0.124 e. The second-order valence-corrected chi connectivity index (χ2v) is 6.39. The number of hydrogen-bond acceptors (Lipinski definition) is 3. The highest BCUT2D eigenvalue weighted by molar-refractivity contribution is 5.48. The lowest BCUT2D eigenvalue weighted by Gasteiger charge is -2.46. The van der Waals surface area contributed by atoms with Crippen molar-refractivity contribution in [2.45, 2.75) is 50.0 Å². The van der Waals surface area contributed by atoms with Crippen LogP contribution in [0.25, 0.3) is 0 Å². The van der Waals surface area contributed by atoms with Crippen LogP contribution in [0.4, 0.5) is 0 Å². The largest absolute Gasteiger partial charge is 0.493 e. The zero-order valence-electron chi connectivity index (χ0n) is 11.9. The molecule has 2 unspecified atom stereocenters. The first-order chi connectivity index (χ1) is 9.59. The van der Waals surface area contributed by atoms with Crippen molar-refractivity contribution < 1.29 is 9.84 Å². The van der Waals surface area contributed by atoms with Crippen LogP contribution in [-0.2, 0) is 5.41 Å². The van der Waals surface area contributed by atoms with Crippen molar-refractivity contribution in [2.24, 2.45) is 5.92 Å². The minimum absolute atomic E-state index is 0.491. The number of rotatable bonds is 3. The molecule has 1 aromatic carbocycles. The SMILES string of the molecule is CC(O)(CC1CCC1)C1(C#N)CCOc2ccccc21. The molecule has 0 radical (unpaired) electrons. The van der Waals surface area contributed by atoms with Gasteiger partial charge in [-0.05, 0) is 25.3 Å². The molecular formula is C17H21NO2. The number of fused-ring (bicyclic) bond motifs is 1. The van der Waals surface area contributed by atoms with Crippen LogP contribution in [-0.4, -0.2) is 17.3 Å². The molecule has 0 aromatic heterocycles. The van der Waals surface area contributed by atoms with E-state index >= 15 is 0 Å². The summed E-state index contributed by atoms with van der Waals surface area (Å²) in [6, 6.07) is 10.1. The summed E-state index contributed by atoms with van der Waals surface area (Å²) in [6.07, 6.45) is 4.86. The standard InChI is InChI=1S/C17H21NO2/c1-16(19,11-13-5-4-6-13)17(12-18)9-10-20-15-8-3-2-7-14(15)17/h2-3,7-8,13,19H,4-6,9-11H2,1H3. The molecule has 1 fully saturated rings.